The maximum absolute atomic E-state index is 13.3. The van der Waals surface area contributed by atoms with E-state index in [0.717, 1.165) is 0 Å². The first kappa shape index (κ1) is 16.7. The second-order valence-electron chi connectivity index (χ2n) is 6.23. The third-order valence-electron chi connectivity index (χ3n) is 3.95. The van der Waals surface area contributed by atoms with E-state index in [9.17, 15) is 18.0 Å². The van der Waals surface area contributed by atoms with Crippen LogP contribution in [0, 0.1) is 0 Å². The highest BCUT2D eigenvalue weighted by molar-refractivity contribution is 8.03. The van der Waals surface area contributed by atoms with Crippen LogP contribution in [0.3, 0.4) is 0 Å². The molecule has 0 radical (unpaired) electrons. The van der Waals surface area contributed by atoms with E-state index >= 15 is 0 Å². The van der Waals surface area contributed by atoms with Crippen LogP contribution in [0.2, 0.25) is 0 Å². The molecule has 0 aromatic rings. The number of nitrogens with zero attached hydrogens (tertiary/aromatic N) is 2. The lowest BCUT2D eigenvalue weighted by Gasteiger charge is -2.41. The third kappa shape index (κ3) is 3.36. The van der Waals surface area contributed by atoms with E-state index in [4.69, 9.17) is 4.84 Å². The molecule has 0 aliphatic carbocycles. The van der Waals surface area contributed by atoms with Crippen molar-refractivity contribution in [3.63, 3.8) is 0 Å². The number of ketones is 1. The molecule has 0 aromatic carbocycles. The molecule has 3 rings (SSSR count). The van der Waals surface area contributed by atoms with E-state index in [0.29, 0.717) is 28.6 Å². The van der Waals surface area contributed by atoms with Crippen LogP contribution in [0.15, 0.2) is 22.9 Å². The maximum atomic E-state index is 13.3. The van der Waals surface area contributed by atoms with Gasteiger partial charge in [0.05, 0.1) is 23.4 Å². The van der Waals surface area contributed by atoms with Crippen molar-refractivity contribution >= 4 is 17.5 Å². The molecule has 0 aromatic heterocycles. The molecule has 128 valence electrons. The molecule has 1 N–H and O–H groups in total. The summed E-state index contributed by atoms with van der Waals surface area (Å²) in [7, 11) is 0. The van der Waals surface area contributed by atoms with Gasteiger partial charge in [0.2, 0.25) is 0 Å². The number of carbonyl (C=O) groups is 1. The van der Waals surface area contributed by atoms with Crippen LogP contribution in [0.4, 0.5) is 13.2 Å². The van der Waals surface area contributed by atoms with Gasteiger partial charge < -0.3 is 4.90 Å². The number of hydrogen-bond acceptors (Lipinski definition) is 6. The van der Waals surface area contributed by atoms with Crippen LogP contribution in [0.5, 0.6) is 0 Å². The number of rotatable bonds is 3. The average molecular weight is 349 g/mol. The Morgan fingerprint density at radius 2 is 2.22 bits per heavy atom. The molecule has 3 aliphatic rings. The Balaban J connectivity index is 1.75. The number of halogens is 3. The normalized spacial score (nSPS) is 27.6. The Morgan fingerprint density at radius 1 is 1.48 bits per heavy atom. The number of hydrogen-bond donors (Lipinski definition) is 1. The number of Topliss-reactive ketones (excluding diaryl/α,β-unsaturated/α-hetero) is 1. The molecule has 23 heavy (non-hydrogen) atoms. The summed E-state index contributed by atoms with van der Waals surface area (Å²) in [6.07, 6.45) is -0.402. The first-order valence-electron chi connectivity index (χ1n) is 7.30. The highest BCUT2D eigenvalue weighted by Gasteiger charge is 2.50. The molecule has 9 heteroatoms. The Kier molecular flexibility index (Phi) is 4.14. The minimum Gasteiger partial charge on any atom is -0.355 e. The van der Waals surface area contributed by atoms with E-state index < -0.39 is 23.7 Å². The topological polar surface area (TPSA) is 44.8 Å². The fourth-order valence-electron chi connectivity index (χ4n) is 2.82. The minimum atomic E-state index is -4.54. The lowest BCUT2D eigenvalue weighted by molar-refractivity contribution is -0.266. The maximum Gasteiger partial charge on any atom is 0.462 e. The summed E-state index contributed by atoms with van der Waals surface area (Å²) in [6.45, 7) is 3.84. The van der Waals surface area contributed by atoms with Gasteiger partial charge in [0, 0.05) is 12.3 Å². The van der Waals surface area contributed by atoms with Crippen molar-refractivity contribution in [2.24, 2.45) is 0 Å². The molecule has 0 spiro atoms. The van der Waals surface area contributed by atoms with Gasteiger partial charge in [-0.05, 0) is 26.3 Å². The largest absolute Gasteiger partial charge is 0.462 e. The molecule has 3 aliphatic heterocycles. The Labute approximate surface area is 136 Å². The zero-order valence-corrected chi connectivity index (χ0v) is 13.6. The van der Waals surface area contributed by atoms with Crippen molar-refractivity contribution in [3.05, 3.63) is 22.9 Å². The first-order valence-corrected chi connectivity index (χ1v) is 8.28. The monoisotopic (exact) mass is 349 g/mol. The Bertz CT molecular complexity index is 574. The van der Waals surface area contributed by atoms with Crippen LogP contribution in [0.25, 0.3) is 0 Å². The number of fused-ring (bicyclic) bond motifs is 1. The summed E-state index contributed by atoms with van der Waals surface area (Å²) < 4.78 is 39.9. The van der Waals surface area contributed by atoms with Crippen molar-refractivity contribution in [1.82, 2.24) is 15.3 Å². The Hall–Kier alpha value is -1.19. The quantitative estimate of drug-likeness (QED) is 0.788. The molecular weight excluding hydrogens is 331 g/mol. The summed E-state index contributed by atoms with van der Waals surface area (Å²) >= 11 is 1.17. The van der Waals surface area contributed by atoms with Crippen molar-refractivity contribution in [2.45, 2.75) is 38.2 Å². The van der Waals surface area contributed by atoms with Gasteiger partial charge in [0.15, 0.2) is 5.78 Å². The van der Waals surface area contributed by atoms with Crippen molar-refractivity contribution < 1.29 is 22.8 Å². The van der Waals surface area contributed by atoms with Crippen LogP contribution < -0.4 is 5.48 Å². The Morgan fingerprint density at radius 3 is 2.83 bits per heavy atom. The van der Waals surface area contributed by atoms with Crippen molar-refractivity contribution in [2.75, 3.05) is 19.0 Å². The van der Waals surface area contributed by atoms with E-state index in [2.05, 4.69) is 5.48 Å². The fraction of sp³-hybridized carbons (Fsp3) is 0.643. The SMILES string of the molecule is CC1(C)C=C(SCC2C(=O)C3=CCCN3CN2C(F)(F)F)NO1. The predicted molar refractivity (Wildman–Crippen MR) is 79.8 cm³/mol. The molecule has 1 unspecified atom stereocenters. The minimum absolute atomic E-state index is 0.0157. The zero-order chi connectivity index (χ0) is 16.8. The summed E-state index contributed by atoms with van der Waals surface area (Å²) in [4.78, 5) is 19.6. The van der Waals surface area contributed by atoms with Crippen LogP contribution >= 0.6 is 11.8 Å². The molecule has 1 atom stereocenters. The van der Waals surface area contributed by atoms with E-state index in [1.165, 1.54) is 16.7 Å². The molecule has 0 amide bonds. The zero-order valence-electron chi connectivity index (χ0n) is 12.8. The summed E-state index contributed by atoms with van der Waals surface area (Å²) in [5, 5.41) is 0.632. The lowest BCUT2D eigenvalue weighted by atomic mass is 10.1. The van der Waals surface area contributed by atoms with E-state index in [1.54, 1.807) is 12.2 Å². The molecule has 3 heterocycles. The molecule has 0 saturated carbocycles. The van der Waals surface area contributed by atoms with Crippen LogP contribution in [0.1, 0.15) is 20.3 Å². The molecule has 5 nitrogen and oxygen atoms in total. The molecule has 0 bridgehead atoms. The number of alkyl halides is 3. The summed E-state index contributed by atoms with van der Waals surface area (Å²) in [6, 6.07) is -1.22. The van der Waals surface area contributed by atoms with Gasteiger partial charge in [-0.2, -0.15) is 18.1 Å². The highest BCUT2D eigenvalue weighted by atomic mass is 32.2. The fourth-order valence-corrected chi connectivity index (χ4v) is 3.96. The molecule has 1 fully saturated rings. The lowest BCUT2D eigenvalue weighted by Crippen LogP contribution is -2.60. The van der Waals surface area contributed by atoms with Gasteiger partial charge in [-0.15, -0.1) is 11.8 Å². The van der Waals surface area contributed by atoms with Crippen LogP contribution in [-0.4, -0.2) is 52.5 Å². The summed E-state index contributed by atoms with van der Waals surface area (Å²) in [5.41, 5.74) is 2.60. The van der Waals surface area contributed by atoms with Crippen molar-refractivity contribution in [3.8, 4) is 0 Å². The number of nitrogens with one attached hydrogen (secondary N) is 1. The van der Waals surface area contributed by atoms with Gasteiger partial charge in [-0.3, -0.25) is 15.1 Å². The number of thioether (sulfide) groups is 1. The van der Waals surface area contributed by atoms with Gasteiger partial charge in [-0.1, -0.05) is 6.08 Å². The standard InChI is InChI=1S/C14H18F3N3O2S/c1-13(2)6-11(18-22-13)23-7-10-12(21)9-4-3-5-19(9)8-20(10)14(15,16)17/h4,6,10,18H,3,5,7-8H2,1-2H3. The van der Waals surface area contributed by atoms with Gasteiger partial charge in [-0.25, -0.2) is 0 Å². The average Bonchev–Trinajstić information content (AvgIpc) is 3.02. The second-order valence-corrected chi connectivity index (χ2v) is 7.29. The number of carbonyl (C=O) groups excluding carboxylic acids is 1. The smallest absolute Gasteiger partial charge is 0.355 e. The van der Waals surface area contributed by atoms with Crippen molar-refractivity contribution in [1.29, 1.82) is 0 Å². The molecule has 1 saturated heterocycles. The van der Waals surface area contributed by atoms with E-state index in [1.807, 2.05) is 13.8 Å². The number of hydroxylamine groups is 1. The second kappa shape index (κ2) is 5.71. The predicted octanol–water partition coefficient (Wildman–Crippen LogP) is 2.19. The van der Waals surface area contributed by atoms with Gasteiger partial charge in [0.25, 0.3) is 0 Å². The molecular formula is C14H18F3N3O2S. The third-order valence-corrected chi connectivity index (χ3v) is 4.94. The highest BCUT2D eigenvalue weighted by Crippen LogP contribution is 2.35. The van der Waals surface area contributed by atoms with Crippen LogP contribution in [-0.2, 0) is 9.63 Å². The first-order chi connectivity index (χ1) is 10.7. The van der Waals surface area contributed by atoms with E-state index in [-0.39, 0.29) is 12.4 Å². The van der Waals surface area contributed by atoms with Gasteiger partial charge >= 0.3 is 6.30 Å². The summed E-state index contributed by atoms with van der Waals surface area (Å²) in [5.74, 6) is -0.445. The van der Waals surface area contributed by atoms with Gasteiger partial charge in [0.1, 0.15) is 5.60 Å².